The van der Waals surface area contributed by atoms with Crippen LogP contribution in [-0.2, 0) is 12.8 Å². The molecule has 0 aromatic heterocycles. The van der Waals surface area contributed by atoms with Crippen LogP contribution >= 0.6 is 0 Å². The van der Waals surface area contributed by atoms with Crippen molar-refractivity contribution in [1.82, 2.24) is 4.90 Å². The molecule has 1 saturated heterocycles. The summed E-state index contributed by atoms with van der Waals surface area (Å²) >= 11 is 0. The van der Waals surface area contributed by atoms with Gasteiger partial charge in [0.2, 0.25) is 0 Å². The fraction of sp³-hybridized carbons (Fsp3) is 0.429. The Morgan fingerprint density at radius 1 is 0.913 bits per heavy atom. The summed E-state index contributed by atoms with van der Waals surface area (Å²) in [6.45, 7) is 3.64. The van der Waals surface area contributed by atoms with Gasteiger partial charge in [0, 0.05) is 24.5 Å². The topological polar surface area (TPSA) is 6.48 Å². The molecule has 5 rings (SSSR count). The Hall–Kier alpha value is -1.80. The van der Waals surface area contributed by atoms with Crippen LogP contribution in [-0.4, -0.2) is 31.6 Å². The zero-order valence-electron chi connectivity index (χ0n) is 13.8. The Balaban J connectivity index is 1.71. The van der Waals surface area contributed by atoms with E-state index >= 15 is 0 Å². The largest absolute Gasteiger partial charge is 0.340 e. The number of benzene rings is 2. The molecule has 1 fully saturated rings. The van der Waals surface area contributed by atoms with Crippen molar-refractivity contribution in [3.8, 4) is 0 Å². The summed E-state index contributed by atoms with van der Waals surface area (Å²) in [5.74, 6) is 1.50. The molecule has 2 aromatic rings. The van der Waals surface area contributed by atoms with Crippen molar-refractivity contribution in [2.75, 3.05) is 31.6 Å². The van der Waals surface area contributed by atoms with E-state index in [1.54, 1.807) is 16.8 Å². The number of rotatable bonds is 0. The molecule has 0 amide bonds. The summed E-state index contributed by atoms with van der Waals surface area (Å²) in [6.07, 6.45) is 3.65. The predicted octanol–water partition coefficient (Wildman–Crippen LogP) is 3.97. The maximum absolute atomic E-state index is 2.65. The standard InChI is InChI=1S/C21H24N2/c1-22-12-11-18-17(13-22)14-23-20-8-3-2-5-15(20)9-10-16-6-4-7-19(18)21(16)23/h2-8,17-18H,9-14H2,1H3. The highest BCUT2D eigenvalue weighted by Gasteiger charge is 2.39. The van der Waals surface area contributed by atoms with Gasteiger partial charge in [-0.25, -0.2) is 0 Å². The number of para-hydroxylation sites is 2. The van der Waals surface area contributed by atoms with Crippen molar-refractivity contribution in [1.29, 1.82) is 0 Å². The third kappa shape index (κ3) is 2.05. The molecule has 2 heteroatoms. The molecule has 3 aliphatic heterocycles. The van der Waals surface area contributed by atoms with Crippen LogP contribution in [0.5, 0.6) is 0 Å². The van der Waals surface area contributed by atoms with E-state index in [4.69, 9.17) is 0 Å². The van der Waals surface area contributed by atoms with Crippen LogP contribution in [0.1, 0.15) is 29.0 Å². The van der Waals surface area contributed by atoms with Crippen molar-refractivity contribution in [2.24, 2.45) is 5.92 Å². The molecule has 0 N–H and O–H groups in total. The average molecular weight is 304 g/mol. The average Bonchev–Trinajstić information content (AvgIpc) is 2.74. The molecule has 3 heterocycles. The number of aryl methyl sites for hydroxylation is 2. The molecule has 23 heavy (non-hydrogen) atoms. The van der Waals surface area contributed by atoms with Gasteiger partial charge in [0.1, 0.15) is 0 Å². The number of nitrogens with zero attached hydrogens (tertiary/aromatic N) is 2. The Morgan fingerprint density at radius 2 is 1.74 bits per heavy atom. The second-order valence-electron chi connectivity index (χ2n) is 7.51. The molecule has 0 radical (unpaired) electrons. The van der Waals surface area contributed by atoms with Crippen LogP contribution in [0.15, 0.2) is 42.5 Å². The van der Waals surface area contributed by atoms with E-state index in [0.29, 0.717) is 0 Å². The normalized spacial score (nSPS) is 26.0. The smallest absolute Gasteiger partial charge is 0.0479 e. The molecular formula is C21H24N2. The van der Waals surface area contributed by atoms with Gasteiger partial charge >= 0.3 is 0 Å². The summed E-state index contributed by atoms with van der Waals surface area (Å²) in [5.41, 5.74) is 7.67. The van der Waals surface area contributed by atoms with Gasteiger partial charge in [-0.3, -0.25) is 0 Å². The molecule has 2 nitrogen and oxygen atoms in total. The molecule has 0 bridgehead atoms. The first kappa shape index (κ1) is 13.6. The maximum Gasteiger partial charge on any atom is 0.0479 e. The van der Waals surface area contributed by atoms with Crippen molar-refractivity contribution in [2.45, 2.75) is 25.2 Å². The lowest BCUT2D eigenvalue weighted by Crippen LogP contribution is -2.45. The zero-order chi connectivity index (χ0) is 15.4. The van der Waals surface area contributed by atoms with E-state index in [-0.39, 0.29) is 0 Å². The molecule has 2 atom stereocenters. The van der Waals surface area contributed by atoms with E-state index in [9.17, 15) is 0 Å². The summed E-state index contributed by atoms with van der Waals surface area (Å²) in [4.78, 5) is 5.16. The minimum Gasteiger partial charge on any atom is -0.340 e. The maximum atomic E-state index is 2.65. The van der Waals surface area contributed by atoms with Gasteiger partial charge in [0.15, 0.2) is 0 Å². The highest BCUT2D eigenvalue weighted by Crippen LogP contribution is 2.49. The third-order valence-corrected chi connectivity index (χ3v) is 6.12. The predicted molar refractivity (Wildman–Crippen MR) is 95.6 cm³/mol. The molecule has 0 saturated carbocycles. The number of fused-ring (bicyclic) bond motifs is 4. The molecule has 0 spiro atoms. The van der Waals surface area contributed by atoms with Crippen LogP contribution in [0.25, 0.3) is 0 Å². The van der Waals surface area contributed by atoms with Gasteiger partial charge < -0.3 is 9.80 Å². The fourth-order valence-corrected chi connectivity index (χ4v) is 5.05. The third-order valence-electron chi connectivity index (χ3n) is 6.12. The number of piperidine rings is 1. The van der Waals surface area contributed by atoms with Crippen molar-refractivity contribution >= 4 is 11.4 Å². The highest BCUT2D eigenvalue weighted by molar-refractivity contribution is 5.75. The second kappa shape index (κ2) is 5.10. The lowest BCUT2D eigenvalue weighted by atomic mass is 9.76. The molecule has 0 aliphatic carbocycles. The van der Waals surface area contributed by atoms with Crippen LogP contribution in [0.3, 0.4) is 0 Å². The zero-order valence-corrected chi connectivity index (χ0v) is 13.8. The van der Waals surface area contributed by atoms with Gasteiger partial charge in [0.05, 0.1) is 0 Å². The van der Waals surface area contributed by atoms with Gasteiger partial charge in [-0.15, -0.1) is 0 Å². The first-order valence-corrected chi connectivity index (χ1v) is 8.97. The van der Waals surface area contributed by atoms with Crippen LogP contribution in [0.4, 0.5) is 11.4 Å². The quantitative estimate of drug-likeness (QED) is 0.726. The van der Waals surface area contributed by atoms with E-state index in [1.165, 1.54) is 50.1 Å². The Bertz CT molecular complexity index is 751. The Kier molecular flexibility index (Phi) is 3.02. The molecular weight excluding hydrogens is 280 g/mol. The van der Waals surface area contributed by atoms with E-state index in [2.05, 4.69) is 59.3 Å². The number of hydrogen-bond donors (Lipinski definition) is 0. The van der Waals surface area contributed by atoms with Gasteiger partial charge in [-0.05, 0) is 67.4 Å². The summed E-state index contributed by atoms with van der Waals surface area (Å²) in [6, 6.07) is 16.1. The second-order valence-corrected chi connectivity index (χ2v) is 7.51. The van der Waals surface area contributed by atoms with Crippen LogP contribution < -0.4 is 4.90 Å². The molecule has 2 unspecified atom stereocenters. The Labute approximate surface area is 138 Å². The van der Waals surface area contributed by atoms with Gasteiger partial charge in [-0.1, -0.05) is 36.4 Å². The lowest BCUT2D eigenvalue weighted by Gasteiger charge is -2.46. The summed E-state index contributed by atoms with van der Waals surface area (Å²) in [5, 5.41) is 0. The van der Waals surface area contributed by atoms with E-state index in [0.717, 1.165) is 11.8 Å². The highest BCUT2D eigenvalue weighted by atomic mass is 15.2. The summed E-state index contributed by atoms with van der Waals surface area (Å²) in [7, 11) is 2.28. The minimum atomic E-state index is 0.752. The first-order chi connectivity index (χ1) is 11.3. The fourth-order valence-electron chi connectivity index (χ4n) is 5.05. The Morgan fingerprint density at radius 3 is 2.70 bits per heavy atom. The van der Waals surface area contributed by atoms with E-state index < -0.39 is 0 Å². The van der Waals surface area contributed by atoms with Crippen molar-refractivity contribution < 1.29 is 0 Å². The first-order valence-electron chi connectivity index (χ1n) is 8.97. The van der Waals surface area contributed by atoms with Crippen molar-refractivity contribution in [3.05, 3.63) is 59.2 Å². The van der Waals surface area contributed by atoms with Crippen LogP contribution in [0.2, 0.25) is 0 Å². The van der Waals surface area contributed by atoms with E-state index in [1.807, 2.05) is 0 Å². The van der Waals surface area contributed by atoms with Crippen LogP contribution in [0, 0.1) is 5.92 Å². The minimum absolute atomic E-state index is 0.752. The SMILES string of the molecule is CN1CCC2c3cccc4c3N(CC2C1)c1ccccc1CC4. The van der Waals surface area contributed by atoms with Gasteiger partial charge in [0.25, 0.3) is 0 Å². The molecule has 118 valence electrons. The monoisotopic (exact) mass is 304 g/mol. The molecule has 2 aromatic carbocycles. The molecule has 3 aliphatic rings. The number of hydrogen-bond acceptors (Lipinski definition) is 2. The lowest BCUT2D eigenvalue weighted by molar-refractivity contribution is 0.183. The summed E-state index contributed by atoms with van der Waals surface area (Å²) < 4.78 is 0. The number of likely N-dealkylation sites (tertiary alicyclic amines) is 1. The number of anilines is 2. The van der Waals surface area contributed by atoms with Crippen molar-refractivity contribution in [3.63, 3.8) is 0 Å². The van der Waals surface area contributed by atoms with Gasteiger partial charge in [-0.2, -0.15) is 0 Å².